The summed E-state index contributed by atoms with van der Waals surface area (Å²) in [5.74, 6) is 3.74. The maximum absolute atomic E-state index is 12.9. The zero-order chi connectivity index (χ0) is 24.9. The monoisotopic (exact) mass is 466 g/mol. The van der Waals surface area contributed by atoms with E-state index < -0.39 is 29.4 Å². The Bertz CT molecular complexity index is 1100. The van der Waals surface area contributed by atoms with Gasteiger partial charge in [0.05, 0.1) is 0 Å². The molecule has 0 radical (unpaired) electrons. The molecule has 1 aliphatic heterocycles. The van der Waals surface area contributed by atoms with Gasteiger partial charge < -0.3 is 10.2 Å². The number of amides is 3. The highest BCUT2D eigenvalue weighted by atomic mass is 19.1. The molecule has 0 spiro atoms. The summed E-state index contributed by atoms with van der Waals surface area (Å²) in [4.78, 5) is 40.3. The Labute approximate surface area is 197 Å². The van der Waals surface area contributed by atoms with Crippen LogP contribution in [-0.4, -0.2) is 71.6 Å². The van der Waals surface area contributed by atoms with Crippen molar-refractivity contribution in [2.75, 3.05) is 27.2 Å². The van der Waals surface area contributed by atoms with Gasteiger partial charge >= 0.3 is 0 Å². The summed E-state index contributed by atoms with van der Waals surface area (Å²) in [7, 11) is 2.64. The van der Waals surface area contributed by atoms with Crippen LogP contribution in [0.5, 0.6) is 0 Å². The number of carbonyl (C=O) groups excluding carboxylic acids is 3. The van der Waals surface area contributed by atoms with Crippen LogP contribution in [0.25, 0.3) is 0 Å². The van der Waals surface area contributed by atoms with E-state index >= 15 is 0 Å². The molecule has 0 aliphatic carbocycles. The van der Waals surface area contributed by atoms with E-state index in [0.29, 0.717) is 18.7 Å². The molecule has 1 heterocycles. The van der Waals surface area contributed by atoms with Gasteiger partial charge in [-0.25, -0.2) is 9.87 Å². The van der Waals surface area contributed by atoms with Crippen molar-refractivity contribution in [3.63, 3.8) is 0 Å². The van der Waals surface area contributed by atoms with Gasteiger partial charge in [-0.2, -0.15) is 0 Å². The van der Waals surface area contributed by atoms with E-state index in [9.17, 15) is 18.8 Å². The van der Waals surface area contributed by atoms with Crippen LogP contribution in [0.15, 0.2) is 48.5 Å². The zero-order valence-electron chi connectivity index (χ0n) is 19.3. The second-order valence-corrected chi connectivity index (χ2v) is 8.27. The van der Waals surface area contributed by atoms with Gasteiger partial charge in [-0.15, -0.1) is 0 Å². The van der Waals surface area contributed by atoms with Gasteiger partial charge in [0.15, 0.2) is 5.54 Å². The molecule has 3 N–H and O–H groups in total. The van der Waals surface area contributed by atoms with Crippen LogP contribution >= 0.6 is 0 Å². The third-order valence-electron chi connectivity index (χ3n) is 5.94. The van der Waals surface area contributed by atoms with Crippen LogP contribution in [0.1, 0.15) is 34.0 Å². The Morgan fingerprint density at radius 3 is 2.06 bits per heavy atom. The molecule has 1 atom stereocenters. The third kappa shape index (κ3) is 5.25. The minimum atomic E-state index is -1.95. The predicted octanol–water partition coefficient (Wildman–Crippen LogP) is 1.32. The average Bonchev–Trinajstić information content (AvgIpc) is 2.85. The van der Waals surface area contributed by atoms with Gasteiger partial charge in [-0.3, -0.25) is 24.5 Å². The van der Waals surface area contributed by atoms with E-state index in [1.54, 1.807) is 24.3 Å². The van der Waals surface area contributed by atoms with Crippen LogP contribution in [0.4, 0.5) is 4.39 Å². The number of nitrogens with zero attached hydrogens (tertiary/aromatic N) is 2. The van der Waals surface area contributed by atoms with Crippen LogP contribution in [0, 0.1) is 11.8 Å². The van der Waals surface area contributed by atoms with Crippen molar-refractivity contribution in [1.29, 1.82) is 0 Å². The van der Waals surface area contributed by atoms with Crippen molar-refractivity contribution >= 4 is 17.7 Å². The Kier molecular flexibility index (Phi) is 7.66. The van der Waals surface area contributed by atoms with E-state index in [0.717, 1.165) is 22.6 Å². The van der Waals surface area contributed by atoms with E-state index in [1.807, 2.05) is 29.2 Å². The lowest BCUT2D eigenvalue weighted by Gasteiger charge is -2.34. The van der Waals surface area contributed by atoms with Gasteiger partial charge in [0.1, 0.15) is 6.17 Å². The lowest BCUT2D eigenvalue weighted by Crippen LogP contribution is -2.64. The number of benzene rings is 2. The average molecular weight is 467 g/mol. The van der Waals surface area contributed by atoms with Crippen molar-refractivity contribution in [2.45, 2.75) is 25.2 Å². The molecule has 2 aromatic rings. The molecule has 1 saturated heterocycles. The van der Waals surface area contributed by atoms with Gasteiger partial charge in [0.25, 0.3) is 17.7 Å². The van der Waals surface area contributed by atoms with Crippen molar-refractivity contribution in [3.8, 4) is 11.8 Å². The molecule has 9 heteroatoms. The smallest absolute Gasteiger partial charge is 0.278 e. The number of nitrogens with one attached hydrogen (secondary N) is 2. The Morgan fingerprint density at radius 2 is 1.59 bits per heavy atom. The number of carbonyl (C=O) groups is 3. The number of alkyl halides is 1. The predicted molar refractivity (Wildman–Crippen MR) is 124 cm³/mol. The molecular formula is C25H27FN4O4. The summed E-state index contributed by atoms with van der Waals surface area (Å²) in [6, 6.07) is 14.2. The normalized spacial score (nSPS) is 15.2. The van der Waals surface area contributed by atoms with E-state index in [-0.39, 0.29) is 5.56 Å². The number of hydrogen-bond donors (Lipinski definition) is 3. The maximum atomic E-state index is 12.9. The summed E-state index contributed by atoms with van der Waals surface area (Å²) in [6.07, 6.45) is -0.715. The van der Waals surface area contributed by atoms with Crippen LogP contribution < -0.4 is 10.8 Å². The Hall–Kier alpha value is -3.74. The number of likely N-dealkylation sites (tertiary alicyclic amines) is 1. The maximum Gasteiger partial charge on any atom is 0.278 e. The highest BCUT2D eigenvalue weighted by Gasteiger charge is 2.47. The first-order valence-electron chi connectivity index (χ1n) is 10.7. The van der Waals surface area contributed by atoms with Crippen molar-refractivity contribution < 1.29 is 24.0 Å². The second-order valence-electron chi connectivity index (χ2n) is 8.27. The fourth-order valence-electron chi connectivity index (χ4n) is 3.58. The van der Waals surface area contributed by atoms with Crippen molar-refractivity contribution in [2.24, 2.45) is 0 Å². The molecule has 0 saturated carbocycles. The SMILES string of the molecule is CNC(=O)[C@@](C)(C(=O)NO)N(C)C(=O)c1ccc(C#Cc2ccc(CN3CC(F)C3)cc2)cc1. The molecule has 3 amide bonds. The van der Waals surface area contributed by atoms with Gasteiger partial charge in [0.2, 0.25) is 0 Å². The minimum absolute atomic E-state index is 0.250. The molecule has 3 rings (SSSR count). The minimum Gasteiger partial charge on any atom is -0.357 e. The number of likely N-dealkylation sites (N-methyl/N-ethyl adjacent to an activating group) is 2. The Balaban J connectivity index is 1.68. The summed E-state index contributed by atoms with van der Waals surface area (Å²) in [5.41, 5.74) is 2.35. The molecule has 1 fully saturated rings. The first-order valence-corrected chi connectivity index (χ1v) is 10.7. The molecule has 178 valence electrons. The third-order valence-corrected chi connectivity index (χ3v) is 5.94. The quantitative estimate of drug-likeness (QED) is 0.258. The molecular weight excluding hydrogens is 439 g/mol. The molecule has 2 aromatic carbocycles. The summed E-state index contributed by atoms with van der Waals surface area (Å²) in [6.45, 7) is 2.92. The highest BCUT2D eigenvalue weighted by molar-refractivity contribution is 6.12. The molecule has 0 bridgehead atoms. The van der Waals surface area contributed by atoms with E-state index in [4.69, 9.17) is 5.21 Å². The number of hydrogen-bond acceptors (Lipinski definition) is 5. The first-order chi connectivity index (χ1) is 16.2. The van der Waals surface area contributed by atoms with E-state index in [2.05, 4.69) is 17.2 Å². The highest BCUT2D eigenvalue weighted by Crippen LogP contribution is 2.19. The number of rotatable bonds is 6. The van der Waals surface area contributed by atoms with Crippen LogP contribution in [-0.2, 0) is 16.1 Å². The molecule has 34 heavy (non-hydrogen) atoms. The van der Waals surface area contributed by atoms with Crippen LogP contribution in [0.3, 0.4) is 0 Å². The summed E-state index contributed by atoms with van der Waals surface area (Å²) >= 11 is 0. The zero-order valence-corrected chi connectivity index (χ0v) is 19.3. The fourth-order valence-corrected chi connectivity index (χ4v) is 3.58. The molecule has 0 unspecified atom stereocenters. The number of hydroxylamine groups is 1. The molecule has 0 aromatic heterocycles. The van der Waals surface area contributed by atoms with E-state index in [1.165, 1.54) is 26.5 Å². The fraction of sp³-hybridized carbons (Fsp3) is 0.320. The topological polar surface area (TPSA) is 102 Å². The lowest BCUT2D eigenvalue weighted by molar-refractivity contribution is -0.148. The lowest BCUT2D eigenvalue weighted by atomic mass is 9.96. The van der Waals surface area contributed by atoms with Gasteiger partial charge in [-0.1, -0.05) is 24.0 Å². The number of halogens is 1. The van der Waals surface area contributed by atoms with Crippen molar-refractivity contribution in [1.82, 2.24) is 20.6 Å². The van der Waals surface area contributed by atoms with Gasteiger partial charge in [-0.05, 0) is 48.9 Å². The second kappa shape index (κ2) is 10.5. The van der Waals surface area contributed by atoms with Gasteiger partial charge in [0, 0.05) is 50.4 Å². The largest absolute Gasteiger partial charge is 0.357 e. The van der Waals surface area contributed by atoms with Crippen molar-refractivity contribution in [3.05, 3.63) is 70.8 Å². The first kappa shape index (κ1) is 24.9. The molecule has 8 nitrogen and oxygen atoms in total. The van der Waals surface area contributed by atoms with Crippen LogP contribution in [0.2, 0.25) is 0 Å². The Morgan fingerprint density at radius 1 is 1.06 bits per heavy atom. The molecule has 1 aliphatic rings. The standard InChI is InChI=1S/C25H27FN4O4/c1-25(23(32)27-2,24(33)28-34)29(3)22(31)20-12-10-18(11-13-20)5-4-17-6-8-19(9-7-17)14-30-15-21(26)16-30/h6-13,21,34H,14-16H2,1-3H3,(H,27,32)(H,28,33)/t25-/m0/s1. The summed E-state index contributed by atoms with van der Waals surface area (Å²) in [5, 5.41) is 11.4. The summed E-state index contributed by atoms with van der Waals surface area (Å²) < 4.78 is 12.9.